The number of ether oxygens (including phenoxy) is 4. The molecule has 3 unspecified atom stereocenters. The molecule has 2 radical (unpaired) electrons. The molecule has 3 saturated heterocycles. The molecule has 6 bridgehead atoms. The van der Waals surface area contributed by atoms with Crippen molar-refractivity contribution in [3.63, 3.8) is 0 Å². The number of thiazole rings is 1. The highest BCUT2D eigenvalue weighted by atomic mass is 32.1. The smallest absolute Gasteiger partial charge is 0.324 e. The first kappa shape index (κ1) is 40.0. The maximum absolute atomic E-state index is 14.7. The maximum atomic E-state index is 14.7. The number of benzene rings is 1. The number of ketones is 1. The number of nitrogens with zero attached hydrogens (tertiary/aromatic N) is 4. The van der Waals surface area contributed by atoms with E-state index < -0.39 is 22.0 Å². The van der Waals surface area contributed by atoms with E-state index in [0.717, 1.165) is 62.6 Å². The van der Waals surface area contributed by atoms with Crippen molar-refractivity contribution in [2.75, 3.05) is 40.6 Å². The van der Waals surface area contributed by atoms with Crippen molar-refractivity contribution in [3.8, 4) is 22.5 Å². The standard InChI is InChI=1S/C43H53N5O7SSi/c1-7-47-33-13-12-26-18-29(33)30(38(47)28-10-8-15-44-37(28)25(2)52-5)20-42(3,4)24-55-40(50)31-11-9-16-48(46-31)41(51)43(21-36-45-32(26)23-56-36)39(57-43)34(49)19-27-14-17-54-22-35(27)53-6/h8,10,12-13,15,18,23,25,27,31,35,39,46H,7,9,11,14,16-17,19-22,24H2,1-6H3/t25-,27?,31-,35?,39?,43-/m0/s1. The average Bonchev–Trinajstić information content (AvgIpc) is 3.63. The van der Waals surface area contributed by atoms with Crippen LogP contribution in [-0.2, 0) is 52.7 Å². The van der Waals surface area contributed by atoms with Gasteiger partial charge in [-0.25, -0.2) is 10.4 Å². The molecule has 1 N–H and O–H groups in total. The van der Waals surface area contributed by atoms with Crippen molar-refractivity contribution in [1.29, 1.82) is 0 Å². The summed E-state index contributed by atoms with van der Waals surface area (Å²) < 4.78 is 25.6. The molecule has 4 aliphatic rings. The molecule has 1 aromatic carbocycles. The third kappa shape index (κ3) is 7.64. The van der Waals surface area contributed by atoms with Crippen LogP contribution in [0.4, 0.5) is 0 Å². The highest BCUT2D eigenvalue weighted by molar-refractivity contribution is 7.10. The number of rotatable bonds is 8. The molecule has 57 heavy (non-hydrogen) atoms. The molecule has 8 rings (SSSR count). The average molecular weight is 812 g/mol. The molecular formula is C43H53N5O7SSi. The number of carbonyl (C=O) groups is 3. The first-order valence-electron chi connectivity index (χ1n) is 20.2. The van der Waals surface area contributed by atoms with E-state index >= 15 is 0 Å². The van der Waals surface area contributed by atoms with Gasteiger partial charge in [-0.2, -0.15) is 0 Å². The zero-order chi connectivity index (χ0) is 40.1. The van der Waals surface area contributed by atoms with Crippen LogP contribution in [0.2, 0.25) is 10.6 Å². The van der Waals surface area contributed by atoms with Gasteiger partial charge in [0, 0.05) is 91.3 Å². The number of hydrogen-bond acceptors (Lipinski definition) is 11. The maximum Gasteiger partial charge on any atom is 0.324 e. The number of hydrazine groups is 1. The van der Waals surface area contributed by atoms with E-state index in [2.05, 4.69) is 60.4 Å². The summed E-state index contributed by atoms with van der Waals surface area (Å²) in [4.78, 5) is 52.5. The lowest BCUT2D eigenvalue weighted by Crippen LogP contribution is -2.57. The quantitative estimate of drug-likeness (QED) is 0.158. The molecule has 0 aliphatic carbocycles. The number of pyridine rings is 1. The Hall–Kier alpha value is -3.79. The van der Waals surface area contributed by atoms with Crippen LogP contribution in [0.3, 0.4) is 0 Å². The summed E-state index contributed by atoms with van der Waals surface area (Å²) in [5.74, 6) is -0.372. The molecule has 6 atom stereocenters. The number of carbonyl (C=O) groups excluding carboxylic acids is 3. The van der Waals surface area contributed by atoms with Crippen LogP contribution in [0.1, 0.15) is 75.7 Å². The summed E-state index contributed by atoms with van der Waals surface area (Å²) in [7, 11) is 3.49. The molecular weight excluding hydrogens is 759 g/mol. The van der Waals surface area contributed by atoms with Crippen LogP contribution in [0, 0.1) is 11.3 Å². The normalized spacial score (nSPS) is 26.9. The monoisotopic (exact) mass is 811 g/mol. The van der Waals surface area contributed by atoms with Gasteiger partial charge in [0.2, 0.25) is 5.91 Å². The molecule has 3 aromatic heterocycles. The van der Waals surface area contributed by atoms with E-state index in [0.29, 0.717) is 51.9 Å². The SMILES string of the molecule is CCn1c(-c2cccnc2[C@H](C)OC)c2c3cc(ccc31)-c1csc(n1)C[C@@]1([Si]C1C(=O)CC1CCOCC1OC)C(=O)N1CCC[C@H](N1)C(=O)OCC(C)(C)C2. The number of esters is 1. The molecule has 1 spiro atoms. The molecule has 0 saturated carbocycles. The van der Waals surface area contributed by atoms with Crippen LogP contribution >= 0.6 is 11.3 Å². The summed E-state index contributed by atoms with van der Waals surface area (Å²) in [5.41, 5.74) is 9.40. The number of cyclic esters (lactones) is 1. The van der Waals surface area contributed by atoms with Gasteiger partial charge < -0.3 is 23.5 Å². The summed E-state index contributed by atoms with van der Waals surface area (Å²) in [6, 6.07) is 9.95. The fourth-order valence-electron chi connectivity index (χ4n) is 9.07. The van der Waals surface area contributed by atoms with Gasteiger partial charge in [-0.1, -0.05) is 19.9 Å². The first-order valence-corrected chi connectivity index (χ1v) is 22.2. The number of aryl methyl sites for hydroxylation is 1. The molecule has 4 aliphatic heterocycles. The van der Waals surface area contributed by atoms with Gasteiger partial charge in [-0.3, -0.25) is 24.4 Å². The Morgan fingerprint density at radius 2 is 2.02 bits per heavy atom. The third-order valence-electron chi connectivity index (χ3n) is 12.3. The van der Waals surface area contributed by atoms with Crippen LogP contribution in [0.15, 0.2) is 41.9 Å². The van der Waals surface area contributed by atoms with E-state index in [1.54, 1.807) is 19.2 Å². The number of aromatic nitrogens is 3. The van der Waals surface area contributed by atoms with Crippen molar-refractivity contribution < 1.29 is 33.3 Å². The fraction of sp³-hybridized carbons (Fsp3) is 0.558. The van der Waals surface area contributed by atoms with Gasteiger partial charge in [0.15, 0.2) is 0 Å². The minimum atomic E-state index is -0.919. The van der Waals surface area contributed by atoms with Crippen molar-refractivity contribution >= 4 is 49.4 Å². The second-order valence-corrected chi connectivity index (χ2v) is 19.5. The topological polar surface area (TPSA) is 134 Å². The zero-order valence-corrected chi connectivity index (χ0v) is 35.6. The van der Waals surface area contributed by atoms with Gasteiger partial charge in [0.1, 0.15) is 11.8 Å². The summed E-state index contributed by atoms with van der Waals surface area (Å²) in [5, 5.41) is 4.67. The number of methoxy groups -OCH3 is 2. The van der Waals surface area contributed by atoms with Crippen molar-refractivity contribution in [3.05, 3.63) is 58.2 Å². The Kier molecular flexibility index (Phi) is 11.3. The number of fused-ring (bicyclic) bond motifs is 6. The Balaban J connectivity index is 1.22. The lowest BCUT2D eigenvalue weighted by atomic mass is 9.84. The molecule has 7 heterocycles. The van der Waals surface area contributed by atoms with Crippen LogP contribution in [-0.4, -0.2) is 99.5 Å². The predicted octanol–water partition coefficient (Wildman–Crippen LogP) is 6.39. The fourth-order valence-corrected chi connectivity index (χ4v) is 11.7. The van der Waals surface area contributed by atoms with Gasteiger partial charge in [-0.05, 0) is 75.3 Å². The van der Waals surface area contributed by atoms with Crippen molar-refractivity contribution in [1.82, 2.24) is 25.0 Å². The van der Waals surface area contributed by atoms with E-state index in [4.69, 9.17) is 28.9 Å². The summed E-state index contributed by atoms with van der Waals surface area (Å²) in [6.45, 7) is 10.9. The lowest BCUT2D eigenvalue weighted by molar-refractivity contribution is -0.155. The third-order valence-corrected chi connectivity index (χ3v) is 15.1. The second-order valence-electron chi connectivity index (χ2n) is 16.8. The van der Waals surface area contributed by atoms with Gasteiger partial charge in [-0.15, -0.1) is 11.3 Å². The molecule has 302 valence electrons. The Morgan fingerprint density at radius 3 is 2.81 bits per heavy atom. The van der Waals surface area contributed by atoms with Gasteiger partial charge in [0.25, 0.3) is 0 Å². The van der Waals surface area contributed by atoms with Gasteiger partial charge in [0.05, 0.1) is 62.1 Å². The molecule has 14 heteroatoms. The minimum Gasteiger partial charge on any atom is -0.464 e. The minimum absolute atomic E-state index is 0.0482. The number of hydrogen-bond donors (Lipinski definition) is 1. The van der Waals surface area contributed by atoms with Crippen LogP contribution < -0.4 is 5.43 Å². The van der Waals surface area contributed by atoms with Crippen LogP contribution in [0.25, 0.3) is 33.4 Å². The predicted molar refractivity (Wildman–Crippen MR) is 219 cm³/mol. The van der Waals surface area contributed by atoms with Crippen molar-refractivity contribution in [2.24, 2.45) is 11.3 Å². The van der Waals surface area contributed by atoms with Crippen molar-refractivity contribution in [2.45, 2.75) is 102 Å². The van der Waals surface area contributed by atoms with E-state index in [1.807, 2.05) is 19.2 Å². The molecule has 12 nitrogen and oxygen atoms in total. The molecule has 1 amide bonds. The van der Waals surface area contributed by atoms with E-state index in [-0.39, 0.29) is 51.9 Å². The molecule has 4 aromatic rings. The Labute approximate surface area is 340 Å². The highest BCUT2D eigenvalue weighted by Crippen LogP contribution is 2.61. The highest BCUT2D eigenvalue weighted by Gasteiger charge is 2.65. The number of nitrogens with one attached hydrogen (secondary N) is 1. The number of amides is 1. The van der Waals surface area contributed by atoms with E-state index in [9.17, 15) is 14.4 Å². The van der Waals surface area contributed by atoms with E-state index in [1.165, 1.54) is 11.3 Å². The first-order chi connectivity index (χ1) is 27.5. The van der Waals surface area contributed by atoms with Gasteiger partial charge >= 0.3 is 5.97 Å². The zero-order valence-electron chi connectivity index (χ0n) is 33.8. The Bertz CT molecular complexity index is 2170. The largest absolute Gasteiger partial charge is 0.464 e. The van der Waals surface area contributed by atoms with Crippen LogP contribution in [0.5, 0.6) is 0 Å². The Morgan fingerprint density at radius 1 is 1.18 bits per heavy atom. The molecule has 3 fully saturated rings. The summed E-state index contributed by atoms with van der Waals surface area (Å²) >= 11 is 1.53. The summed E-state index contributed by atoms with van der Waals surface area (Å²) in [6.07, 6.45) is 4.72. The lowest BCUT2D eigenvalue weighted by Gasteiger charge is -2.36. The number of Topliss-reactive ketones (excluding diaryl/α,β-unsaturated/α-hetero) is 1. The second kappa shape index (κ2) is 16.1.